The Hall–Kier alpha value is -1.000. The van der Waals surface area contributed by atoms with Gasteiger partial charge in [0, 0.05) is 11.8 Å². The summed E-state index contributed by atoms with van der Waals surface area (Å²) in [6, 6.07) is 4.30. The van der Waals surface area contributed by atoms with Crippen LogP contribution in [0.5, 0.6) is 0 Å². The van der Waals surface area contributed by atoms with Crippen molar-refractivity contribution in [2.45, 2.75) is 0 Å². The molecule has 98 valence electrons. The minimum absolute atomic E-state index is 0.00932. The largest absolute Gasteiger partial charge is 0.478 e. The molecule has 0 radical (unpaired) electrons. The van der Waals surface area contributed by atoms with Crippen LogP contribution in [0.1, 0.15) is 10.4 Å². The van der Waals surface area contributed by atoms with Crippen LogP contribution in [0.4, 0.5) is 0 Å². The minimum Gasteiger partial charge on any atom is -0.478 e. The fourth-order valence-electron chi connectivity index (χ4n) is 1.46. The Morgan fingerprint density at radius 1 is 0.947 bits per heavy atom. The molecule has 0 bridgehead atoms. The molecule has 0 aliphatic carbocycles. The normalized spacial score (nSPS) is 10.5. The van der Waals surface area contributed by atoms with Crippen LogP contribution in [0.2, 0.25) is 20.1 Å². The van der Waals surface area contributed by atoms with Gasteiger partial charge in [-0.25, -0.2) is 4.79 Å². The van der Waals surface area contributed by atoms with Gasteiger partial charge in [-0.2, -0.15) is 0 Å². The van der Waals surface area contributed by atoms with Crippen LogP contribution in [0.15, 0.2) is 24.4 Å². The summed E-state index contributed by atoms with van der Waals surface area (Å²) in [7, 11) is 0. The number of pyridine rings is 1. The summed E-state index contributed by atoms with van der Waals surface area (Å²) in [6.45, 7) is 0. The number of hydrogen-bond acceptors (Lipinski definition) is 2. The van der Waals surface area contributed by atoms with Crippen molar-refractivity contribution in [3.63, 3.8) is 0 Å². The van der Waals surface area contributed by atoms with Crippen molar-refractivity contribution >= 4 is 52.4 Å². The van der Waals surface area contributed by atoms with Crippen LogP contribution in [-0.2, 0) is 0 Å². The van der Waals surface area contributed by atoms with Gasteiger partial charge in [0.05, 0.1) is 31.3 Å². The second kappa shape index (κ2) is 5.55. The summed E-state index contributed by atoms with van der Waals surface area (Å²) >= 11 is 23.8. The third-order valence-corrected chi connectivity index (χ3v) is 3.68. The minimum atomic E-state index is -1.11. The number of hydrogen-bond donors (Lipinski definition) is 1. The Morgan fingerprint density at radius 3 is 2.16 bits per heavy atom. The van der Waals surface area contributed by atoms with E-state index in [9.17, 15) is 4.79 Å². The van der Waals surface area contributed by atoms with Crippen LogP contribution in [0.25, 0.3) is 11.3 Å². The maximum absolute atomic E-state index is 10.8. The summed E-state index contributed by atoms with van der Waals surface area (Å²) in [5.74, 6) is -1.11. The van der Waals surface area contributed by atoms with Gasteiger partial charge in [0.25, 0.3) is 0 Å². The van der Waals surface area contributed by atoms with Crippen LogP contribution in [0, 0.1) is 0 Å². The highest BCUT2D eigenvalue weighted by molar-refractivity contribution is 6.44. The molecule has 1 N–H and O–H groups in total. The first-order valence-corrected chi connectivity index (χ1v) is 6.45. The van der Waals surface area contributed by atoms with Gasteiger partial charge < -0.3 is 5.11 Å². The Bertz CT molecular complexity index is 673. The third-order valence-electron chi connectivity index (χ3n) is 2.35. The zero-order valence-electron chi connectivity index (χ0n) is 9.12. The zero-order chi connectivity index (χ0) is 14.2. The summed E-state index contributed by atoms with van der Waals surface area (Å²) < 4.78 is 0. The molecule has 0 saturated carbocycles. The quantitative estimate of drug-likeness (QED) is 0.780. The summed E-state index contributed by atoms with van der Waals surface area (Å²) in [5, 5.41) is 9.96. The van der Waals surface area contributed by atoms with Crippen molar-refractivity contribution < 1.29 is 9.90 Å². The lowest BCUT2D eigenvalue weighted by atomic mass is 10.1. The zero-order valence-corrected chi connectivity index (χ0v) is 12.1. The van der Waals surface area contributed by atoms with Gasteiger partial charge in [-0.3, -0.25) is 4.98 Å². The molecule has 0 amide bonds. The first-order chi connectivity index (χ1) is 8.90. The first kappa shape index (κ1) is 14.4. The Labute approximate surface area is 128 Å². The molecule has 0 aliphatic rings. The number of aromatic nitrogens is 1. The third kappa shape index (κ3) is 2.95. The maximum atomic E-state index is 10.8. The number of carboxylic acids is 1. The van der Waals surface area contributed by atoms with Crippen molar-refractivity contribution in [1.29, 1.82) is 0 Å². The molecule has 2 aromatic rings. The monoisotopic (exact) mass is 335 g/mol. The van der Waals surface area contributed by atoms with E-state index in [4.69, 9.17) is 51.5 Å². The topological polar surface area (TPSA) is 50.2 Å². The number of benzene rings is 1. The Morgan fingerprint density at radius 2 is 1.58 bits per heavy atom. The van der Waals surface area contributed by atoms with E-state index in [-0.39, 0.29) is 10.6 Å². The summed E-state index contributed by atoms with van der Waals surface area (Å²) in [6.07, 6.45) is 1.20. The van der Waals surface area contributed by atoms with E-state index in [1.54, 1.807) is 0 Å². The lowest BCUT2D eigenvalue weighted by Gasteiger charge is -2.08. The number of nitrogens with zero attached hydrogens (tertiary/aromatic N) is 1. The number of carboxylic acid groups (broad SMARTS) is 1. The van der Waals surface area contributed by atoms with Crippen molar-refractivity contribution in [1.82, 2.24) is 4.98 Å². The van der Waals surface area contributed by atoms with Crippen molar-refractivity contribution in [3.05, 3.63) is 50.0 Å². The molecule has 0 spiro atoms. The van der Waals surface area contributed by atoms with Crippen molar-refractivity contribution in [2.24, 2.45) is 0 Å². The van der Waals surface area contributed by atoms with E-state index in [0.717, 1.165) is 0 Å². The Kier molecular flexibility index (Phi) is 4.21. The first-order valence-electron chi connectivity index (χ1n) is 4.94. The molecule has 1 aromatic heterocycles. The van der Waals surface area contributed by atoms with E-state index >= 15 is 0 Å². The van der Waals surface area contributed by atoms with Crippen LogP contribution in [-0.4, -0.2) is 16.1 Å². The molecular weight excluding hydrogens is 332 g/mol. The van der Waals surface area contributed by atoms with Crippen molar-refractivity contribution in [3.8, 4) is 11.3 Å². The van der Waals surface area contributed by atoms with Crippen LogP contribution < -0.4 is 0 Å². The molecule has 0 saturated heterocycles. The highest BCUT2D eigenvalue weighted by atomic mass is 35.5. The molecule has 1 aromatic carbocycles. The molecule has 0 unspecified atom stereocenters. The standard InChI is InChI=1S/C12H5Cl4NO2/c13-7-3-9(15)8(14)2-6(7)11-10(16)1-5(4-17-11)12(18)19/h1-4H,(H,18,19). The van der Waals surface area contributed by atoms with Crippen molar-refractivity contribution in [2.75, 3.05) is 0 Å². The van der Waals surface area contributed by atoms with Gasteiger partial charge in [0.2, 0.25) is 0 Å². The molecular formula is C12H5Cl4NO2. The highest BCUT2D eigenvalue weighted by Crippen LogP contribution is 2.37. The second-order valence-electron chi connectivity index (χ2n) is 3.61. The second-order valence-corrected chi connectivity index (χ2v) is 5.23. The molecule has 3 nitrogen and oxygen atoms in total. The SMILES string of the molecule is O=C(O)c1cnc(-c2cc(Cl)c(Cl)cc2Cl)c(Cl)c1. The van der Waals surface area contributed by atoms with Crippen LogP contribution in [0.3, 0.4) is 0 Å². The lowest BCUT2D eigenvalue weighted by molar-refractivity contribution is 0.0696. The van der Waals surface area contributed by atoms with Crippen LogP contribution >= 0.6 is 46.4 Å². The summed E-state index contributed by atoms with van der Waals surface area (Å²) in [4.78, 5) is 14.8. The molecule has 1 heterocycles. The fourth-order valence-corrected chi connectivity index (χ4v) is 2.36. The maximum Gasteiger partial charge on any atom is 0.337 e. The number of halogens is 4. The van der Waals surface area contributed by atoms with Gasteiger partial charge in [0.1, 0.15) is 0 Å². The van der Waals surface area contributed by atoms with E-state index < -0.39 is 5.97 Å². The van der Waals surface area contributed by atoms with E-state index in [0.29, 0.717) is 26.3 Å². The average Bonchev–Trinajstić information content (AvgIpc) is 2.34. The van der Waals surface area contributed by atoms with Gasteiger partial charge in [0.15, 0.2) is 0 Å². The highest BCUT2D eigenvalue weighted by Gasteiger charge is 2.14. The number of rotatable bonds is 2. The predicted molar refractivity (Wildman–Crippen MR) is 76.7 cm³/mol. The van der Waals surface area contributed by atoms with E-state index in [2.05, 4.69) is 4.98 Å². The molecule has 0 fully saturated rings. The molecule has 7 heteroatoms. The van der Waals surface area contributed by atoms with Gasteiger partial charge in [-0.15, -0.1) is 0 Å². The summed E-state index contributed by atoms with van der Waals surface area (Å²) in [5.41, 5.74) is 0.818. The fraction of sp³-hybridized carbons (Fsp3) is 0. The predicted octanol–water partition coefficient (Wildman–Crippen LogP) is 5.06. The van der Waals surface area contributed by atoms with Gasteiger partial charge in [-0.05, 0) is 18.2 Å². The number of carbonyl (C=O) groups is 1. The van der Waals surface area contributed by atoms with Gasteiger partial charge >= 0.3 is 5.97 Å². The van der Waals surface area contributed by atoms with E-state index in [1.165, 1.54) is 24.4 Å². The van der Waals surface area contributed by atoms with Gasteiger partial charge in [-0.1, -0.05) is 46.4 Å². The smallest absolute Gasteiger partial charge is 0.337 e. The molecule has 19 heavy (non-hydrogen) atoms. The molecule has 0 aliphatic heterocycles. The van der Waals surface area contributed by atoms with E-state index in [1.807, 2.05) is 0 Å². The Balaban J connectivity index is 2.59. The average molecular weight is 337 g/mol. The molecule has 2 rings (SSSR count). The number of aromatic carboxylic acids is 1. The lowest BCUT2D eigenvalue weighted by Crippen LogP contribution is -1.98. The molecule has 0 atom stereocenters.